The summed E-state index contributed by atoms with van der Waals surface area (Å²) >= 11 is 1.36. The van der Waals surface area contributed by atoms with Crippen LogP contribution in [0.2, 0.25) is 18.1 Å². The van der Waals surface area contributed by atoms with Crippen molar-refractivity contribution in [1.29, 1.82) is 0 Å². The van der Waals surface area contributed by atoms with Crippen LogP contribution in [0.1, 0.15) is 57.2 Å². The van der Waals surface area contributed by atoms with Crippen molar-refractivity contribution < 1.29 is 23.9 Å². The van der Waals surface area contributed by atoms with Gasteiger partial charge in [-0.1, -0.05) is 32.9 Å². The standard InChI is InChI=1S/C22H27NO5SSi/c1-22(2,3)30(4,5)28-13-14-10-11-18(29-14)17(21(26)27)12-23-19(24)15-8-6-7-9-16(15)20(23)25/h6-11,17H,12-13H2,1-5H3,(H,26,27). The number of hydrogen-bond donors (Lipinski definition) is 1. The molecule has 0 bridgehead atoms. The van der Waals surface area contributed by atoms with E-state index in [1.165, 1.54) is 11.3 Å². The van der Waals surface area contributed by atoms with Gasteiger partial charge in [0.1, 0.15) is 5.92 Å². The van der Waals surface area contributed by atoms with Gasteiger partial charge in [0.25, 0.3) is 11.8 Å². The maximum atomic E-state index is 12.6. The first-order valence-corrected chi connectivity index (χ1v) is 13.6. The van der Waals surface area contributed by atoms with Gasteiger partial charge in [0.15, 0.2) is 8.32 Å². The third-order valence-corrected chi connectivity index (χ3v) is 11.6. The van der Waals surface area contributed by atoms with Crippen LogP contribution < -0.4 is 0 Å². The molecule has 0 fully saturated rings. The van der Waals surface area contributed by atoms with Crippen LogP contribution in [0.25, 0.3) is 0 Å². The molecular formula is C22H27NO5SSi. The summed E-state index contributed by atoms with van der Waals surface area (Å²) in [6.07, 6.45) is 0. The molecule has 1 aliphatic rings. The second kappa shape index (κ2) is 8.09. The van der Waals surface area contributed by atoms with Crippen molar-refractivity contribution in [2.45, 2.75) is 51.4 Å². The predicted molar refractivity (Wildman–Crippen MR) is 118 cm³/mol. The zero-order chi connectivity index (χ0) is 22.3. The topological polar surface area (TPSA) is 83.9 Å². The molecule has 30 heavy (non-hydrogen) atoms. The second-order valence-electron chi connectivity index (χ2n) is 9.01. The molecule has 0 spiro atoms. The van der Waals surface area contributed by atoms with Crippen molar-refractivity contribution in [2.75, 3.05) is 6.54 Å². The molecule has 6 nitrogen and oxygen atoms in total. The summed E-state index contributed by atoms with van der Waals surface area (Å²) in [5, 5.41) is 9.87. The van der Waals surface area contributed by atoms with E-state index >= 15 is 0 Å². The Balaban J connectivity index is 1.75. The Labute approximate surface area is 181 Å². The van der Waals surface area contributed by atoms with Crippen LogP contribution >= 0.6 is 11.3 Å². The molecule has 0 saturated heterocycles. The summed E-state index contributed by atoms with van der Waals surface area (Å²) in [6, 6.07) is 10.2. The Morgan fingerprint density at radius 1 is 1.10 bits per heavy atom. The summed E-state index contributed by atoms with van der Waals surface area (Å²) < 4.78 is 6.23. The maximum absolute atomic E-state index is 12.6. The smallest absolute Gasteiger partial charge is 0.313 e. The van der Waals surface area contributed by atoms with Crippen molar-refractivity contribution in [2.24, 2.45) is 0 Å². The molecule has 1 unspecified atom stereocenters. The monoisotopic (exact) mass is 445 g/mol. The van der Waals surface area contributed by atoms with Crippen molar-refractivity contribution >= 4 is 37.4 Å². The van der Waals surface area contributed by atoms with Crippen molar-refractivity contribution in [1.82, 2.24) is 4.90 Å². The van der Waals surface area contributed by atoms with Crippen molar-refractivity contribution in [3.05, 3.63) is 57.3 Å². The highest BCUT2D eigenvalue weighted by Gasteiger charge is 2.39. The fraction of sp³-hybridized carbons (Fsp3) is 0.409. The molecule has 1 aliphatic heterocycles. The summed E-state index contributed by atoms with van der Waals surface area (Å²) in [5.74, 6) is -2.93. The summed E-state index contributed by atoms with van der Waals surface area (Å²) in [6.45, 7) is 11.1. The van der Waals surface area contributed by atoms with Crippen LogP contribution in [-0.4, -0.2) is 42.7 Å². The van der Waals surface area contributed by atoms with Crippen LogP contribution in [0.4, 0.5) is 0 Å². The molecule has 3 rings (SSSR count). The number of carbonyl (C=O) groups is 3. The number of thiophene rings is 1. The van der Waals surface area contributed by atoms with Crippen LogP contribution in [0.3, 0.4) is 0 Å². The van der Waals surface area contributed by atoms with E-state index in [2.05, 4.69) is 33.9 Å². The lowest BCUT2D eigenvalue weighted by molar-refractivity contribution is -0.138. The Bertz CT molecular complexity index is 956. The Kier molecular flexibility index (Phi) is 6.04. The second-order valence-corrected chi connectivity index (χ2v) is 15.0. The summed E-state index contributed by atoms with van der Waals surface area (Å²) in [5.41, 5.74) is 0.641. The molecule has 1 atom stereocenters. The molecule has 2 aromatic rings. The third kappa shape index (κ3) is 4.26. The van der Waals surface area contributed by atoms with E-state index in [1.807, 2.05) is 6.07 Å². The highest BCUT2D eigenvalue weighted by molar-refractivity contribution is 7.12. The number of rotatable bonds is 7. The molecule has 2 heterocycles. The highest BCUT2D eigenvalue weighted by atomic mass is 32.1. The van der Waals surface area contributed by atoms with Gasteiger partial charge in [0, 0.05) is 16.3 Å². The molecule has 0 radical (unpaired) electrons. The number of hydrogen-bond acceptors (Lipinski definition) is 5. The van der Waals surface area contributed by atoms with Gasteiger partial charge >= 0.3 is 5.97 Å². The van der Waals surface area contributed by atoms with Gasteiger partial charge < -0.3 is 9.53 Å². The number of carboxylic acid groups (broad SMARTS) is 1. The maximum Gasteiger partial charge on any atom is 0.313 e. The van der Waals surface area contributed by atoms with Gasteiger partial charge in [0.05, 0.1) is 17.7 Å². The van der Waals surface area contributed by atoms with Crippen LogP contribution in [-0.2, 0) is 15.8 Å². The number of fused-ring (bicyclic) bond motifs is 1. The lowest BCUT2D eigenvalue weighted by Gasteiger charge is -2.36. The molecular weight excluding hydrogens is 418 g/mol. The average molecular weight is 446 g/mol. The normalized spacial score (nSPS) is 15.4. The van der Waals surface area contributed by atoms with Gasteiger partial charge in [-0.05, 0) is 42.4 Å². The SMILES string of the molecule is CC(C)(C)[Si](C)(C)OCc1ccc(C(CN2C(=O)c3ccccc3C2=O)C(=O)O)s1. The molecule has 160 valence electrons. The van der Waals surface area contributed by atoms with Crippen LogP contribution in [0.15, 0.2) is 36.4 Å². The van der Waals surface area contributed by atoms with Crippen molar-refractivity contribution in [3.63, 3.8) is 0 Å². The zero-order valence-corrected chi connectivity index (χ0v) is 19.7. The van der Waals surface area contributed by atoms with E-state index in [0.29, 0.717) is 22.6 Å². The first-order chi connectivity index (χ1) is 13.9. The van der Waals surface area contributed by atoms with E-state index in [0.717, 1.165) is 9.78 Å². The number of nitrogens with zero attached hydrogens (tertiary/aromatic N) is 1. The molecule has 1 aromatic carbocycles. The first kappa shape index (κ1) is 22.4. The fourth-order valence-corrected chi connectivity index (χ4v) is 5.07. The molecule has 8 heteroatoms. The van der Waals surface area contributed by atoms with E-state index in [4.69, 9.17) is 4.43 Å². The van der Waals surface area contributed by atoms with E-state index < -0.39 is 32.0 Å². The number of amides is 2. The third-order valence-electron chi connectivity index (χ3n) is 5.95. The Hall–Kier alpha value is -2.29. The lowest BCUT2D eigenvalue weighted by atomic mass is 10.1. The minimum absolute atomic E-state index is 0.0855. The largest absolute Gasteiger partial charge is 0.481 e. The number of carbonyl (C=O) groups excluding carboxylic acids is 2. The lowest BCUT2D eigenvalue weighted by Crippen LogP contribution is -2.40. The summed E-state index contributed by atoms with van der Waals surface area (Å²) in [4.78, 5) is 39.8. The quantitative estimate of drug-likeness (QED) is 0.492. The molecule has 2 amide bonds. The molecule has 0 aliphatic carbocycles. The number of aliphatic carboxylic acids is 1. The summed E-state index contributed by atoms with van der Waals surface area (Å²) in [7, 11) is -1.92. The van der Waals surface area contributed by atoms with Crippen LogP contribution in [0.5, 0.6) is 0 Å². The number of carboxylic acids is 1. The van der Waals surface area contributed by atoms with Gasteiger partial charge in [-0.2, -0.15) is 0 Å². The van der Waals surface area contributed by atoms with Gasteiger partial charge in [-0.3, -0.25) is 19.3 Å². The molecule has 1 aromatic heterocycles. The van der Waals surface area contributed by atoms with E-state index in [1.54, 1.807) is 30.3 Å². The average Bonchev–Trinajstić information content (AvgIpc) is 3.22. The zero-order valence-electron chi connectivity index (χ0n) is 17.9. The molecule has 0 saturated carbocycles. The van der Waals surface area contributed by atoms with Crippen LogP contribution in [0, 0.1) is 0 Å². The van der Waals surface area contributed by atoms with Gasteiger partial charge in [0.2, 0.25) is 0 Å². The van der Waals surface area contributed by atoms with Gasteiger partial charge in [-0.25, -0.2) is 0 Å². The number of benzene rings is 1. The molecule has 1 N–H and O–H groups in total. The minimum atomic E-state index is -1.92. The Morgan fingerprint density at radius 2 is 1.67 bits per heavy atom. The van der Waals surface area contributed by atoms with Crippen molar-refractivity contribution in [3.8, 4) is 0 Å². The fourth-order valence-electron chi connectivity index (χ4n) is 3.00. The predicted octanol–water partition coefficient (Wildman–Crippen LogP) is 4.73. The first-order valence-electron chi connectivity index (χ1n) is 9.83. The van der Waals surface area contributed by atoms with Gasteiger partial charge in [-0.15, -0.1) is 11.3 Å². The Morgan fingerprint density at radius 3 is 2.17 bits per heavy atom. The van der Waals surface area contributed by atoms with E-state index in [9.17, 15) is 19.5 Å². The van der Waals surface area contributed by atoms with E-state index in [-0.39, 0.29) is 11.6 Å². The number of imide groups is 1. The minimum Gasteiger partial charge on any atom is -0.481 e. The highest BCUT2D eigenvalue weighted by Crippen LogP contribution is 2.38.